The van der Waals surface area contributed by atoms with Crippen LogP contribution >= 0.6 is 11.8 Å². The van der Waals surface area contributed by atoms with E-state index in [0.717, 1.165) is 39.5 Å². The van der Waals surface area contributed by atoms with Crippen LogP contribution in [0.4, 0.5) is 0 Å². The smallest absolute Gasteiger partial charge is 0.191 e. The molecule has 2 aromatic carbocycles. The number of hydrogen-bond acceptors (Lipinski definition) is 6. The number of methoxy groups -OCH3 is 2. The first-order valence-corrected chi connectivity index (χ1v) is 9.82. The lowest BCUT2D eigenvalue weighted by Gasteiger charge is -2.09. The first-order chi connectivity index (χ1) is 13.7. The lowest BCUT2D eigenvalue weighted by molar-refractivity contribution is 0.342. The van der Waals surface area contributed by atoms with E-state index in [0.29, 0.717) is 13.2 Å². The second-order valence-electron chi connectivity index (χ2n) is 5.81. The average molecular weight is 398 g/mol. The molecule has 0 fully saturated rings. The fraction of sp³-hybridized carbons (Fsp3) is 0.238. The van der Waals surface area contributed by atoms with Gasteiger partial charge in [0.15, 0.2) is 11.0 Å². The number of benzene rings is 2. The van der Waals surface area contributed by atoms with Crippen LogP contribution in [0.5, 0.6) is 17.2 Å². The number of thioether (sulfide) groups is 1. The molecule has 0 saturated carbocycles. The van der Waals surface area contributed by atoms with Crippen LogP contribution < -0.4 is 14.2 Å². The van der Waals surface area contributed by atoms with Gasteiger partial charge in [-0.25, -0.2) is 0 Å². The molecule has 146 valence electrons. The third-order valence-corrected chi connectivity index (χ3v) is 4.95. The van der Waals surface area contributed by atoms with Gasteiger partial charge in [-0.3, -0.25) is 4.57 Å². The highest BCUT2D eigenvalue weighted by Crippen LogP contribution is 2.26. The summed E-state index contributed by atoms with van der Waals surface area (Å²) in [5, 5.41) is 9.55. The zero-order valence-corrected chi connectivity index (χ0v) is 16.8. The van der Waals surface area contributed by atoms with Gasteiger partial charge in [-0.05, 0) is 48.5 Å². The van der Waals surface area contributed by atoms with E-state index in [2.05, 4.69) is 16.8 Å². The molecule has 0 aliphatic carbocycles. The van der Waals surface area contributed by atoms with E-state index in [9.17, 15) is 0 Å². The normalized spacial score (nSPS) is 10.5. The molecule has 1 aromatic heterocycles. The molecule has 0 radical (unpaired) electrons. The van der Waals surface area contributed by atoms with Gasteiger partial charge in [0, 0.05) is 17.9 Å². The summed E-state index contributed by atoms with van der Waals surface area (Å²) in [6.45, 7) is 5.05. The summed E-state index contributed by atoms with van der Waals surface area (Å²) in [7, 11) is 3.30. The van der Waals surface area contributed by atoms with Crippen molar-refractivity contribution in [2.75, 3.05) is 26.6 Å². The Balaban J connectivity index is 1.62. The van der Waals surface area contributed by atoms with Gasteiger partial charge in [0.1, 0.15) is 17.2 Å². The van der Waals surface area contributed by atoms with Gasteiger partial charge in [0.05, 0.1) is 20.8 Å². The molecule has 0 N–H and O–H groups in total. The average Bonchev–Trinajstić information content (AvgIpc) is 3.14. The van der Waals surface area contributed by atoms with Crippen LogP contribution in [0.2, 0.25) is 0 Å². The summed E-state index contributed by atoms with van der Waals surface area (Å²) < 4.78 is 18.2. The maximum Gasteiger partial charge on any atom is 0.191 e. The van der Waals surface area contributed by atoms with Crippen molar-refractivity contribution < 1.29 is 14.2 Å². The number of hydrogen-bond donors (Lipinski definition) is 0. The van der Waals surface area contributed by atoms with Crippen LogP contribution in [-0.4, -0.2) is 41.3 Å². The van der Waals surface area contributed by atoms with Crippen LogP contribution in [0.25, 0.3) is 11.4 Å². The van der Waals surface area contributed by atoms with Gasteiger partial charge < -0.3 is 14.2 Å². The zero-order valence-electron chi connectivity index (χ0n) is 16.0. The Morgan fingerprint density at radius 3 is 2.14 bits per heavy atom. The first kappa shape index (κ1) is 19.8. The van der Waals surface area contributed by atoms with E-state index in [1.54, 1.807) is 26.0 Å². The maximum atomic E-state index is 5.78. The Bertz CT molecular complexity index is 892. The largest absolute Gasteiger partial charge is 0.497 e. The lowest BCUT2D eigenvalue weighted by atomic mass is 10.2. The fourth-order valence-electron chi connectivity index (χ4n) is 2.61. The van der Waals surface area contributed by atoms with Crippen LogP contribution in [0.1, 0.15) is 0 Å². The number of allylic oxidation sites excluding steroid dienone is 1. The summed E-state index contributed by atoms with van der Waals surface area (Å²) in [6.07, 6.45) is 1.84. The minimum atomic E-state index is 0.565. The monoisotopic (exact) mass is 397 g/mol. The molecule has 7 heteroatoms. The van der Waals surface area contributed by atoms with Crippen molar-refractivity contribution in [1.29, 1.82) is 0 Å². The van der Waals surface area contributed by atoms with Gasteiger partial charge in [-0.1, -0.05) is 17.8 Å². The predicted octanol–water partition coefficient (Wildman–Crippen LogP) is 4.32. The molecule has 6 nitrogen and oxygen atoms in total. The summed E-state index contributed by atoms with van der Waals surface area (Å²) in [6, 6.07) is 15.3. The maximum absolute atomic E-state index is 5.78. The summed E-state index contributed by atoms with van der Waals surface area (Å²) >= 11 is 1.60. The van der Waals surface area contributed by atoms with Crippen molar-refractivity contribution in [2.45, 2.75) is 11.7 Å². The van der Waals surface area contributed by atoms with Gasteiger partial charge in [-0.2, -0.15) is 0 Å². The molecule has 0 spiro atoms. The van der Waals surface area contributed by atoms with Crippen LogP contribution in [0.3, 0.4) is 0 Å². The van der Waals surface area contributed by atoms with Gasteiger partial charge >= 0.3 is 0 Å². The zero-order chi connectivity index (χ0) is 19.8. The number of rotatable bonds is 10. The lowest BCUT2D eigenvalue weighted by Crippen LogP contribution is -2.04. The molecule has 3 aromatic rings. The Kier molecular flexibility index (Phi) is 6.97. The molecule has 28 heavy (non-hydrogen) atoms. The molecule has 0 aliphatic heterocycles. The van der Waals surface area contributed by atoms with Crippen molar-refractivity contribution in [3.8, 4) is 28.6 Å². The van der Waals surface area contributed by atoms with E-state index in [4.69, 9.17) is 14.2 Å². The second-order valence-corrected chi connectivity index (χ2v) is 6.87. The second kappa shape index (κ2) is 9.85. The topological polar surface area (TPSA) is 58.4 Å². The van der Waals surface area contributed by atoms with Crippen molar-refractivity contribution in [3.05, 3.63) is 61.2 Å². The Hall–Kier alpha value is -2.93. The summed E-state index contributed by atoms with van der Waals surface area (Å²) in [4.78, 5) is 0. The minimum absolute atomic E-state index is 0.565. The number of nitrogens with zero attached hydrogens (tertiary/aromatic N) is 3. The molecule has 0 bridgehead atoms. The van der Waals surface area contributed by atoms with Crippen molar-refractivity contribution in [1.82, 2.24) is 14.8 Å². The van der Waals surface area contributed by atoms with E-state index < -0.39 is 0 Å². The quantitative estimate of drug-likeness (QED) is 0.288. The molecular formula is C21H23N3O3S. The Morgan fingerprint density at radius 2 is 1.54 bits per heavy atom. The molecule has 0 amide bonds. The van der Waals surface area contributed by atoms with Crippen LogP contribution in [0.15, 0.2) is 66.3 Å². The molecular weight excluding hydrogens is 374 g/mol. The first-order valence-electron chi connectivity index (χ1n) is 8.83. The van der Waals surface area contributed by atoms with E-state index >= 15 is 0 Å². The molecule has 0 unspecified atom stereocenters. The van der Waals surface area contributed by atoms with E-state index in [1.807, 2.05) is 59.2 Å². The van der Waals surface area contributed by atoms with Crippen LogP contribution in [0, 0.1) is 0 Å². The SMILES string of the molecule is C=CCn1c(SCCOc2ccc(OC)cc2)nnc1-c1ccc(OC)cc1. The molecule has 1 heterocycles. The summed E-state index contributed by atoms with van der Waals surface area (Å²) in [5.41, 5.74) is 0.983. The highest BCUT2D eigenvalue weighted by Gasteiger charge is 2.13. The minimum Gasteiger partial charge on any atom is -0.497 e. The Labute approximate surface area is 169 Å². The molecule has 0 aliphatic rings. The fourth-order valence-corrected chi connectivity index (χ4v) is 3.37. The van der Waals surface area contributed by atoms with Crippen LogP contribution in [-0.2, 0) is 6.54 Å². The van der Waals surface area contributed by atoms with Crippen molar-refractivity contribution in [2.24, 2.45) is 0 Å². The molecule has 0 atom stereocenters. The van der Waals surface area contributed by atoms with Crippen molar-refractivity contribution >= 4 is 11.8 Å². The highest BCUT2D eigenvalue weighted by molar-refractivity contribution is 7.99. The standard InChI is InChI=1S/C21H23N3O3S/c1-4-13-24-20(16-5-7-17(25-2)8-6-16)22-23-21(24)28-15-14-27-19-11-9-18(26-3)10-12-19/h4-12H,1,13-15H2,2-3H3. The third kappa shape index (κ3) is 4.86. The number of ether oxygens (including phenoxy) is 3. The highest BCUT2D eigenvalue weighted by atomic mass is 32.2. The predicted molar refractivity (Wildman–Crippen MR) is 111 cm³/mol. The van der Waals surface area contributed by atoms with Gasteiger partial charge in [0.25, 0.3) is 0 Å². The van der Waals surface area contributed by atoms with Crippen molar-refractivity contribution in [3.63, 3.8) is 0 Å². The third-order valence-electron chi connectivity index (χ3n) is 4.02. The summed E-state index contributed by atoms with van der Waals surface area (Å²) in [5.74, 6) is 3.99. The van der Waals surface area contributed by atoms with E-state index in [1.165, 1.54) is 0 Å². The van der Waals surface area contributed by atoms with Gasteiger partial charge in [-0.15, -0.1) is 16.8 Å². The molecule has 3 rings (SSSR count). The van der Waals surface area contributed by atoms with E-state index in [-0.39, 0.29) is 0 Å². The van der Waals surface area contributed by atoms with Gasteiger partial charge in [0.2, 0.25) is 0 Å². The number of aromatic nitrogens is 3. The molecule has 0 saturated heterocycles. The Morgan fingerprint density at radius 1 is 0.929 bits per heavy atom.